The molecule has 0 radical (unpaired) electrons. The summed E-state index contributed by atoms with van der Waals surface area (Å²) in [5, 5.41) is 14.0. The number of carbonyl (C=O) groups is 2. The van der Waals surface area contributed by atoms with Crippen molar-refractivity contribution < 1.29 is 19.1 Å². The predicted octanol–water partition coefficient (Wildman–Crippen LogP) is 2.67. The SMILES string of the molecule is CCOC(=O)c1cc(NC(C)=O)c(OCC)cc1NC=CC#N. The molecule has 1 rings (SSSR count). The minimum absolute atomic E-state index is 0.217. The Hall–Kier alpha value is -3.01. The van der Waals surface area contributed by atoms with E-state index in [2.05, 4.69) is 10.6 Å². The van der Waals surface area contributed by atoms with E-state index in [1.165, 1.54) is 25.3 Å². The summed E-state index contributed by atoms with van der Waals surface area (Å²) in [6.45, 7) is 5.47. The molecule has 1 aromatic rings. The highest BCUT2D eigenvalue weighted by molar-refractivity contribution is 6.00. The van der Waals surface area contributed by atoms with Gasteiger partial charge in [-0.25, -0.2) is 4.79 Å². The fourth-order valence-electron chi connectivity index (χ4n) is 1.81. The zero-order chi connectivity index (χ0) is 17.2. The first kappa shape index (κ1) is 18.0. The Morgan fingerprint density at radius 1 is 1.26 bits per heavy atom. The fourth-order valence-corrected chi connectivity index (χ4v) is 1.81. The zero-order valence-electron chi connectivity index (χ0n) is 13.3. The highest BCUT2D eigenvalue weighted by Crippen LogP contribution is 2.32. The lowest BCUT2D eigenvalue weighted by Crippen LogP contribution is -2.12. The first-order valence-electron chi connectivity index (χ1n) is 7.10. The minimum Gasteiger partial charge on any atom is -0.492 e. The Morgan fingerprint density at radius 2 is 2.00 bits per heavy atom. The smallest absolute Gasteiger partial charge is 0.340 e. The van der Waals surface area contributed by atoms with E-state index in [9.17, 15) is 9.59 Å². The van der Waals surface area contributed by atoms with Crippen molar-refractivity contribution in [3.63, 3.8) is 0 Å². The molecule has 0 fully saturated rings. The van der Waals surface area contributed by atoms with Gasteiger partial charge in [-0.1, -0.05) is 0 Å². The number of allylic oxidation sites excluding steroid dienone is 1. The molecule has 0 unspecified atom stereocenters. The number of carbonyl (C=O) groups excluding carboxylic acids is 2. The number of nitrogens with one attached hydrogen (secondary N) is 2. The summed E-state index contributed by atoms with van der Waals surface area (Å²) in [7, 11) is 0. The number of esters is 1. The third-order valence-corrected chi connectivity index (χ3v) is 2.62. The molecule has 0 spiro atoms. The molecule has 0 atom stereocenters. The molecule has 0 aliphatic carbocycles. The molecular formula is C16H19N3O4. The van der Waals surface area contributed by atoms with E-state index in [0.29, 0.717) is 23.7 Å². The second-order valence-corrected chi connectivity index (χ2v) is 4.34. The number of rotatable bonds is 7. The molecule has 1 amide bonds. The maximum absolute atomic E-state index is 12.1. The summed E-state index contributed by atoms with van der Waals surface area (Å²) in [6.07, 6.45) is 2.63. The van der Waals surface area contributed by atoms with Crippen LogP contribution in [0.4, 0.5) is 11.4 Å². The van der Waals surface area contributed by atoms with Crippen LogP contribution in [0.2, 0.25) is 0 Å². The maximum Gasteiger partial charge on any atom is 0.340 e. The van der Waals surface area contributed by atoms with Crippen molar-refractivity contribution in [2.24, 2.45) is 0 Å². The molecular weight excluding hydrogens is 298 g/mol. The molecule has 2 N–H and O–H groups in total. The van der Waals surface area contributed by atoms with Crippen LogP contribution in [-0.4, -0.2) is 25.1 Å². The summed E-state index contributed by atoms with van der Waals surface area (Å²) in [5.41, 5.74) is 1.01. The van der Waals surface area contributed by atoms with Gasteiger partial charge in [-0.2, -0.15) is 5.26 Å². The first-order valence-corrected chi connectivity index (χ1v) is 7.10. The van der Waals surface area contributed by atoms with Crippen LogP contribution in [0.3, 0.4) is 0 Å². The van der Waals surface area contributed by atoms with Gasteiger partial charge in [-0.15, -0.1) is 0 Å². The maximum atomic E-state index is 12.1. The molecule has 0 aliphatic heterocycles. The number of nitriles is 1. The molecule has 0 heterocycles. The second kappa shape index (κ2) is 9.10. The lowest BCUT2D eigenvalue weighted by Gasteiger charge is -2.16. The number of anilines is 2. The summed E-state index contributed by atoms with van der Waals surface area (Å²) in [6, 6.07) is 4.89. The Morgan fingerprint density at radius 3 is 2.57 bits per heavy atom. The standard InChI is InChI=1S/C16H19N3O4/c1-4-22-15-10-13(18-8-6-7-17)12(16(21)23-5-2)9-14(15)19-11(3)20/h6,8-10,18H,4-5H2,1-3H3,(H,19,20). The van der Waals surface area contributed by atoms with E-state index in [4.69, 9.17) is 14.7 Å². The average molecular weight is 317 g/mol. The molecule has 7 nitrogen and oxygen atoms in total. The normalized spacial score (nSPS) is 10.0. The van der Waals surface area contributed by atoms with Crippen LogP contribution < -0.4 is 15.4 Å². The minimum atomic E-state index is -0.546. The van der Waals surface area contributed by atoms with Crippen molar-refractivity contribution in [2.75, 3.05) is 23.8 Å². The van der Waals surface area contributed by atoms with E-state index < -0.39 is 5.97 Å². The molecule has 0 aliphatic rings. The van der Waals surface area contributed by atoms with Crippen LogP contribution >= 0.6 is 0 Å². The monoisotopic (exact) mass is 317 g/mol. The summed E-state index contributed by atoms with van der Waals surface area (Å²) >= 11 is 0. The third-order valence-electron chi connectivity index (χ3n) is 2.62. The summed E-state index contributed by atoms with van der Waals surface area (Å²) < 4.78 is 10.5. The molecule has 7 heteroatoms. The van der Waals surface area contributed by atoms with Gasteiger partial charge in [0.1, 0.15) is 5.75 Å². The van der Waals surface area contributed by atoms with Gasteiger partial charge in [-0.3, -0.25) is 4.79 Å². The predicted molar refractivity (Wildman–Crippen MR) is 86.2 cm³/mol. The average Bonchev–Trinajstić information content (AvgIpc) is 2.49. The summed E-state index contributed by atoms with van der Waals surface area (Å²) in [5.74, 6) is -0.426. The number of hydrogen-bond acceptors (Lipinski definition) is 6. The molecule has 1 aromatic carbocycles. The van der Waals surface area contributed by atoms with E-state index >= 15 is 0 Å². The van der Waals surface area contributed by atoms with Gasteiger partial charge >= 0.3 is 5.97 Å². The quantitative estimate of drug-likeness (QED) is 0.592. The lowest BCUT2D eigenvalue weighted by molar-refractivity contribution is -0.114. The number of ether oxygens (including phenoxy) is 2. The van der Waals surface area contributed by atoms with E-state index in [0.717, 1.165) is 0 Å². The topological polar surface area (TPSA) is 100 Å². The highest BCUT2D eigenvalue weighted by Gasteiger charge is 2.17. The molecule has 0 saturated heterocycles. The Balaban J connectivity index is 3.35. The lowest BCUT2D eigenvalue weighted by atomic mass is 10.1. The largest absolute Gasteiger partial charge is 0.492 e. The van der Waals surface area contributed by atoms with Crippen molar-refractivity contribution in [3.8, 4) is 11.8 Å². The molecule has 23 heavy (non-hydrogen) atoms. The Bertz CT molecular complexity index is 647. The van der Waals surface area contributed by atoms with E-state index in [-0.39, 0.29) is 18.1 Å². The Labute approximate surface area is 134 Å². The number of nitrogens with zero attached hydrogens (tertiary/aromatic N) is 1. The van der Waals surface area contributed by atoms with E-state index in [1.54, 1.807) is 19.9 Å². The van der Waals surface area contributed by atoms with Gasteiger partial charge in [0.2, 0.25) is 5.91 Å². The van der Waals surface area contributed by atoms with Gasteiger partial charge in [0.15, 0.2) is 0 Å². The van der Waals surface area contributed by atoms with Crippen molar-refractivity contribution in [1.29, 1.82) is 5.26 Å². The number of amides is 1. The number of hydrogen-bond donors (Lipinski definition) is 2. The van der Waals surface area contributed by atoms with Crippen molar-refractivity contribution in [2.45, 2.75) is 20.8 Å². The molecule has 0 aromatic heterocycles. The van der Waals surface area contributed by atoms with Gasteiger partial charge in [0, 0.05) is 25.3 Å². The van der Waals surface area contributed by atoms with Gasteiger partial charge in [0.25, 0.3) is 0 Å². The molecule has 0 bridgehead atoms. The zero-order valence-corrected chi connectivity index (χ0v) is 13.3. The van der Waals surface area contributed by atoms with Crippen LogP contribution in [0, 0.1) is 11.3 Å². The second-order valence-electron chi connectivity index (χ2n) is 4.34. The van der Waals surface area contributed by atoms with Gasteiger partial charge in [0.05, 0.1) is 36.2 Å². The Kier molecular flexibility index (Phi) is 7.14. The molecule has 0 saturated carbocycles. The van der Waals surface area contributed by atoms with Crippen LogP contribution in [0.1, 0.15) is 31.1 Å². The first-order chi connectivity index (χ1) is 11.0. The van der Waals surface area contributed by atoms with Gasteiger partial charge < -0.3 is 20.1 Å². The summed E-state index contributed by atoms with van der Waals surface area (Å²) in [4.78, 5) is 23.4. The van der Waals surface area contributed by atoms with Crippen LogP contribution in [-0.2, 0) is 9.53 Å². The van der Waals surface area contributed by atoms with Crippen LogP contribution in [0.15, 0.2) is 24.4 Å². The van der Waals surface area contributed by atoms with Crippen molar-refractivity contribution in [1.82, 2.24) is 0 Å². The highest BCUT2D eigenvalue weighted by atomic mass is 16.5. The number of benzene rings is 1. The van der Waals surface area contributed by atoms with Crippen LogP contribution in [0.5, 0.6) is 5.75 Å². The van der Waals surface area contributed by atoms with Gasteiger partial charge in [-0.05, 0) is 19.9 Å². The van der Waals surface area contributed by atoms with Crippen LogP contribution in [0.25, 0.3) is 0 Å². The third kappa shape index (κ3) is 5.36. The fraction of sp³-hybridized carbons (Fsp3) is 0.312. The molecule has 122 valence electrons. The van der Waals surface area contributed by atoms with E-state index in [1.807, 2.05) is 6.07 Å². The van der Waals surface area contributed by atoms with Crippen molar-refractivity contribution >= 4 is 23.3 Å². The van der Waals surface area contributed by atoms with Crippen molar-refractivity contribution in [3.05, 3.63) is 30.0 Å².